The third-order valence-corrected chi connectivity index (χ3v) is 4.13. The van der Waals surface area contributed by atoms with Gasteiger partial charge in [-0.25, -0.2) is 9.37 Å². The van der Waals surface area contributed by atoms with Crippen LogP contribution in [-0.2, 0) is 12.3 Å². The third-order valence-electron chi connectivity index (χ3n) is 2.11. The van der Waals surface area contributed by atoms with E-state index in [1.807, 2.05) is 11.4 Å². The monoisotopic (exact) mass is 254 g/mol. The van der Waals surface area contributed by atoms with Crippen molar-refractivity contribution in [1.29, 1.82) is 0 Å². The van der Waals surface area contributed by atoms with Crippen LogP contribution >= 0.6 is 23.1 Å². The van der Waals surface area contributed by atoms with Gasteiger partial charge in [0, 0.05) is 23.9 Å². The molecule has 0 bridgehead atoms. The summed E-state index contributed by atoms with van der Waals surface area (Å²) in [7, 11) is 0. The minimum Gasteiger partial charge on any atom is -0.326 e. The first kappa shape index (κ1) is 11.6. The lowest BCUT2D eigenvalue weighted by Gasteiger charge is -2.03. The van der Waals surface area contributed by atoms with Crippen LogP contribution in [0.1, 0.15) is 11.1 Å². The van der Waals surface area contributed by atoms with E-state index in [0.29, 0.717) is 17.9 Å². The summed E-state index contributed by atoms with van der Waals surface area (Å²) >= 11 is 3.11. The van der Waals surface area contributed by atoms with Crippen molar-refractivity contribution in [3.8, 4) is 0 Å². The van der Waals surface area contributed by atoms with Gasteiger partial charge in [0.25, 0.3) is 0 Å². The zero-order valence-corrected chi connectivity index (χ0v) is 10.2. The highest BCUT2D eigenvalue weighted by atomic mass is 32.2. The quantitative estimate of drug-likeness (QED) is 0.852. The predicted molar refractivity (Wildman–Crippen MR) is 66.0 cm³/mol. The number of halogens is 1. The lowest BCUT2D eigenvalue weighted by Crippen LogP contribution is -1.98. The molecule has 2 aromatic rings. The predicted octanol–water partition coefficient (Wildman–Crippen LogP) is 3.03. The Morgan fingerprint density at radius 1 is 1.44 bits per heavy atom. The maximum absolute atomic E-state index is 13.6. The molecule has 0 atom stereocenters. The van der Waals surface area contributed by atoms with Crippen molar-refractivity contribution in [2.45, 2.75) is 16.6 Å². The molecule has 84 valence electrons. The summed E-state index contributed by atoms with van der Waals surface area (Å²) in [5, 5.41) is 1.91. The van der Waals surface area contributed by atoms with Gasteiger partial charge in [-0.3, -0.25) is 0 Å². The highest BCUT2D eigenvalue weighted by molar-refractivity contribution is 8.00. The number of aromatic nitrogens is 1. The molecule has 2 N–H and O–H groups in total. The van der Waals surface area contributed by atoms with Gasteiger partial charge in [0.2, 0.25) is 0 Å². The number of thiazole rings is 1. The number of hydrogen-bond acceptors (Lipinski definition) is 4. The second kappa shape index (κ2) is 5.43. The zero-order chi connectivity index (χ0) is 11.4. The number of nitrogens with zero attached hydrogens (tertiary/aromatic N) is 1. The van der Waals surface area contributed by atoms with Crippen LogP contribution in [0, 0.1) is 5.82 Å². The highest BCUT2D eigenvalue weighted by Crippen LogP contribution is 2.25. The molecule has 2 rings (SSSR count). The Labute approximate surface area is 102 Å². The maximum atomic E-state index is 13.6. The Morgan fingerprint density at radius 3 is 2.94 bits per heavy atom. The number of rotatable bonds is 4. The molecule has 0 spiro atoms. The molecule has 2 nitrogen and oxygen atoms in total. The highest BCUT2D eigenvalue weighted by Gasteiger charge is 2.05. The number of thioether (sulfide) groups is 1. The Bertz CT molecular complexity index is 457. The molecule has 5 heteroatoms. The van der Waals surface area contributed by atoms with E-state index in [-0.39, 0.29) is 5.82 Å². The summed E-state index contributed by atoms with van der Waals surface area (Å²) in [5.74, 6) is 0.413. The van der Waals surface area contributed by atoms with Crippen molar-refractivity contribution in [3.05, 3.63) is 46.7 Å². The zero-order valence-electron chi connectivity index (χ0n) is 8.52. The van der Waals surface area contributed by atoms with Crippen molar-refractivity contribution < 1.29 is 4.39 Å². The van der Waals surface area contributed by atoms with Gasteiger partial charge in [-0.2, -0.15) is 0 Å². The molecule has 1 aromatic carbocycles. The summed E-state index contributed by atoms with van der Waals surface area (Å²) in [6.45, 7) is 0.372. The minimum absolute atomic E-state index is 0.188. The maximum Gasteiger partial charge on any atom is 0.150 e. The van der Waals surface area contributed by atoms with Crippen molar-refractivity contribution >= 4 is 23.1 Å². The summed E-state index contributed by atoms with van der Waals surface area (Å²) in [6, 6.07) is 5.15. The molecule has 0 unspecified atom stereocenters. The molecule has 0 aliphatic heterocycles. The molecule has 0 saturated heterocycles. The summed E-state index contributed by atoms with van der Waals surface area (Å²) < 4.78 is 14.5. The van der Waals surface area contributed by atoms with Crippen LogP contribution in [0.5, 0.6) is 0 Å². The van der Waals surface area contributed by atoms with Gasteiger partial charge in [0.05, 0.1) is 0 Å². The third kappa shape index (κ3) is 2.81. The SMILES string of the molecule is NCc1ccc(CSc2nccs2)c(F)c1. The normalized spacial score (nSPS) is 10.6. The van der Waals surface area contributed by atoms with E-state index in [9.17, 15) is 4.39 Å². The van der Waals surface area contributed by atoms with E-state index in [1.54, 1.807) is 35.4 Å². The van der Waals surface area contributed by atoms with Gasteiger partial charge >= 0.3 is 0 Å². The smallest absolute Gasteiger partial charge is 0.150 e. The molecule has 0 radical (unpaired) electrons. The van der Waals surface area contributed by atoms with Crippen LogP contribution in [0.15, 0.2) is 34.1 Å². The summed E-state index contributed by atoms with van der Waals surface area (Å²) in [6.07, 6.45) is 1.75. The minimum atomic E-state index is -0.188. The topological polar surface area (TPSA) is 38.9 Å². The summed E-state index contributed by atoms with van der Waals surface area (Å²) in [5.41, 5.74) is 6.95. The lowest BCUT2D eigenvalue weighted by molar-refractivity contribution is 0.615. The fraction of sp³-hybridized carbons (Fsp3) is 0.182. The lowest BCUT2D eigenvalue weighted by atomic mass is 10.1. The Morgan fingerprint density at radius 2 is 2.31 bits per heavy atom. The van der Waals surface area contributed by atoms with Gasteiger partial charge < -0.3 is 5.73 Å². The molecular formula is C11H11FN2S2. The van der Waals surface area contributed by atoms with Gasteiger partial charge in [-0.1, -0.05) is 23.9 Å². The fourth-order valence-corrected chi connectivity index (χ4v) is 2.88. The second-order valence-electron chi connectivity index (χ2n) is 3.22. The average molecular weight is 254 g/mol. The van der Waals surface area contributed by atoms with Crippen molar-refractivity contribution in [2.75, 3.05) is 0 Å². The molecule has 0 amide bonds. The molecule has 1 aromatic heterocycles. The molecule has 0 saturated carbocycles. The van der Waals surface area contributed by atoms with Crippen LogP contribution in [0.2, 0.25) is 0 Å². The molecule has 0 aliphatic carbocycles. The van der Waals surface area contributed by atoms with E-state index in [0.717, 1.165) is 9.90 Å². The van der Waals surface area contributed by atoms with Crippen LogP contribution in [0.4, 0.5) is 4.39 Å². The average Bonchev–Trinajstić information content (AvgIpc) is 2.80. The van der Waals surface area contributed by atoms with Gasteiger partial charge in [0.15, 0.2) is 0 Å². The molecular weight excluding hydrogens is 243 g/mol. The van der Waals surface area contributed by atoms with Crippen LogP contribution < -0.4 is 5.73 Å². The molecule has 0 fully saturated rings. The van der Waals surface area contributed by atoms with Crippen LogP contribution in [-0.4, -0.2) is 4.98 Å². The van der Waals surface area contributed by atoms with Gasteiger partial charge in [0.1, 0.15) is 10.2 Å². The van der Waals surface area contributed by atoms with Crippen LogP contribution in [0.3, 0.4) is 0 Å². The Kier molecular flexibility index (Phi) is 3.93. The van der Waals surface area contributed by atoms with Gasteiger partial charge in [-0.15, -0.1) is 11.3 Å². The number of benzene rings is 1. The van der Waals surface area contributed by atoms with E-state index < -0.39 is 0 Å². The molecule has 0 aliphatic rings. The Balaban J connectivity index is 2.04. The van der Waals surface area contributed by atoms with E-state index in [1.165, 1.54) is 6.07 Å². The molecule has 1 heterocycles. The first-order valence-electron chi connectivity index (χ1n) is 4.79. The largest absolute Gasteiger partial charge is 0.326 e. The number of nitrogens with two attached hydrogens (primary N) is 1. The van der Waals surface area contributed by atoms with Crippen molar-refractivity contribution in [2.24, 2.45) is 5.73 Å². The van der Waals surface area contributed by atoms with E-state index in [4.69, 9.17) is 5.73 Å². The van der Waals surface area contributed by atoms with Crippen molar-refractivity contribution in [1.82, 2.24) is 4.98 Å². The first-order chi connectivity index (χ1) is 7.79. The number of hydrogen-bond donors (Lipinski definition) is 1. The standard InChI is InChI=1S/C11H11FN2S2/c12-10-5-8(6-13)1-2-9(10)7-16-11-14-3-4-15-11/h1-5H,6-7,13H2. The fourth-order valence-electron chi connectivity index (χ4n) is 1.26. The first-order valence-corrected chi connectivity index (χ1v) is 6.66. The van der Waals surface area contributed by atoms with E-state index in [2.05, 4.69) is 4.98 Å². The summed E-state index contributed by atoms with van der Waals surface area (Å²) in [4.78, 5) is 4.13. The molecule has 16 heavy (non-hydrogen) atoms. The van der Waals surface area contributed by atoms with E-state index >= 15 is 0 Å². The second-order valence-corrected chi connectivity index (χ2v) is 5.33. The van der Waals surface area contributed by atoms with Crippen LogP contribution in [0.25, 0.3) is 0 Å². The van der Waals surface area contributed by atoms with Crippen molar-refractivity contribution in [3.63, 3.8) is 0 Å². The Hall–Kier alpha value is -0.910. The van der Waals surface area contributed by atoms with Gasteiger partial charge in [-0.05, 0) is 17.2 Å².